The van der Waals surface area contributed by atoms with Gasteiger partial charge in [-0.2, -0.15) is 0 Å². The monoisotopic (exact) mass is 476 g/mol. The number of β-amino-alcohol motifs (C(OH)–C–C–N with tert-alkyl or cyclic N) is 1. The zero-order valence-corrected chi connectivity index (χ0v) is 20.6. The number of rotatable bonds is 10. The molecule has 0 amide bonds. The number of hydrogen-bond donors (Lipinski definition) is 2. The van der Waals surface area contributed by atoms with Gasteiger partial charge in [0.15, 0.2) is 0 Å². The molecule has 1 aliphatic rings. The smallest absolute Gasteiger partial charge is 0.264 e. The molecular formula is C25H36N2O5S. The quantitative estimate of drug-likeness (QED) is 0.548. The highest BCUT2D eigenvalue weighted by molar-refractivity contribution is 7.92. The summed E-state index contributed by atoms with van der Waals surface area (Å²) in [4.78, 5) is 2.21. The maximum Gasteiger partial charge on any atom is 0.264 e. The first-order valence-electron chi connectivity index (χ1n) is 11.6. The molecule has 182 valence electrons. The molecule has 33 heavy (non-hydrogen) atoms. The second kappa shape index (κ2) is 11.4. The number of aliphatic hydroxyl groups is 2. The number of hydrogen-bond acceptors (Lipinski definition) is 6. The summed E-state index contributed by atoms with van der Waals surface area (Å²) < 4.78 is 34.1. The van der Waals surface area contributed by atoms with Crippen LogP contribution in [-0.2, 0) is 27.8 Å². The number of benzene rings is 2. The van der Waals surface area contributed by atoms with Crippen LogP contribution in [0.3, 0.4) is 0 Å². The molecule has 1 atom stereocenters. The summed E-state index contributed by atoms with van der Waals surface area (Å²) in [6.07, 6.45) is 0.0565. The molecule has 1 saturated heterocycles. The second-order valence-corrected chi connectivity index (χ2v) is 10.8. The van der Waals surface area contributed by atoms with E-state index in [-0.39, 0.29) is 17.4 Å². The van der Waals surface area contributed by atoms with Crippen molar-refractivity contribution in [2.75, 3.05) is 43.7 Å². The van der Waals surface area contributed by atoms with E-state index in [1.54, 1.807) is 6.07 Å². The van der Waals surface area contributed by atoms with Crippen LogP contribution >= 0.6 is 0 Å². The molecule has 0 bridgehead atoms. The van der Waals surface area contributed by atoms with Crippen molar-refractivity contribution in [2.24, 2.45) is 5.92 Å². The predicted molar refractivity (Wildman–Crippen MR) is 130 cm³/mol. The summed E-state index contributed by atoms with van der Waals surface area (Å²) in [6, 6.07) is 12.2. The van der Waals surface area contributed by atoms with E-state index in [1.165, 1.54) is 16.4 Å². The number of ether oxygens (including phenoxy) is 1. The van der Waals surface area contributed by atoms with Crippen molar-refractivity contribution in [3.63, 3.8) is 0 Å². The minimum atomic E-state index is -3.86. The molecule has 8 heteroatoms. The topological polar surface area (TPSA) is 90.3 Å². The minimum Gasteiger partial charge on any atom is -0.392 e. The molecule has 0 aliphatic carbocycles. The first-order chi connectivity index (χ1) is 15.8. The molecule has 0 unspecified atom stereocenters. The van der Waals surface area contributed by atoms with Gasteiger partial charge in [-0.25, -0.2) is 8.42 Å². The van der Waals surface area contributed by atoms with Gasteiger partial charge in [0.05, 0.1) is 36.5 Å². The van der Waals surface area contributed by atoms with Gasteiger partial charge < -0.3 is 14.9 Å². The van der Waals surface area contributed by atoms with Gasteiger partial charge in [-0.1, -0.05) is 39.0 Å². The normalized spacial score (nSPS) is 16.2. The van der Waals surface area contributed by atoms with Gasteiger partial charge in [-0.15, -0.1) is 0 Å². The van der Waals surface area contributed by atoms with Gasteiger partial charge in [-0.3, -0.25) is 9.21 Å². The fourth-order valence-electron chi connectivity index (χ4n) is 4.03. The Balaban J connectivity index is 1.91. The standard InChI is InChI=1S/C25H36N2O5S/c1-4-20-5-7-22(8-6-20)27(16-19(2)3)33(30,31)23-9-10-24(21(15-23)18-28)25(29)17-26-11-13-32-14-12-26/h5-10,15,19,25,28-29H,4,11-14,16-18H2,1-3H3/t25-/m0/s1. The number of aryl methyl sites for hydroxylation is 1. The maximum atomic E-state index is 13.6. The van der Waals surface area contributed by atoms with Crippen molar-refractivity contribution >= 4 is 15.7 Å². The molecule has 0 aromatic heterocycles. The van der Waals surface area contributed by atoms with Crippen LogP contribution in [0.1, 0.15) is 43.6 Å². The molecule has 0 spiro atoms. The van der Waals surface area contributed by atoms with Crippen LogP contribution in [0.25, 0.3) is 0 Å². The molecule has 7 nitrogen and oxygen atoms in total. The number of nitrogens with zero attached hydrogens (tertiary/aromatic N) is 2. The third-order valence-electron chi connectivity index (χ3n) is 5.93. The third kappa shape index (κ3) is 6.33. The number of aliphatic hydroxyl groups excluding tert-OH is 2. The van der Waals surface area contributed by atoms with Crippen LogP contribution in [0, 0.1) is 5.92 Å². The van der Waals surface area contributed by atoms with Crippen molar-refractivity contribution in [3.8, 4) is 0 Å². The molecule has 1 fully saturated rings. The van der Waals surface area contributed by atoms with Gasteiger partial charge in [0, 0.05) is 26.2 Å². The van der Waals surface area contributed by atoms with E-state index < -0.39 is 16.1 Å². The van der Waals surface area contributed by atoms with Crippen molar-refractivity contribution < 1.29 is 23.4 Å². The summed E-state index contributed by atoms with van der Waals surface area (Å²) in [7, 11) is -3.86. The Hall–Kier alpha value is -1.97. The van der Waals surface area contributed by atoms with Crippen LogP contribution in [0.4, 0.5) is 5.69 Å². The highest BCUT2D eigenvalue weighted by Gasteiger charge is 2.27. The zero-order valence-electron chi connectivity index (χ0n) is 19.8. The van der Waals surface area contributed by atoms with Crippen LogP contribution in [0.15, 0.2) is 47.4 Å². The molecule has 3 rings (SSSR count). The van der Waals surface area contributed by atoms with E-state index in [0.717, 1.165) is 25.1 Å². The van der Waals surface area contributed by atoms with Gasteiger partial charge in [-0.05, 0) is 53.3 Å². The number of anilines is 1. The first kappa shape index (κ1) is 25.6. The Morgan fingerprint density at radius 3 is 2.33 bits per heavy atom. The highest BCUT2D eigenvalue weighted by Crippen LogP contribution is 2.29. The molecule has 2 aromatic rings. The van der Waals surface area contributed by atoms with E-state index in [4.69, 9.17) is 4.74 Å². The lowest BCUT2D eigenvalue weighted by Gasteiger charge is -2.29. The van der Waals surface area contributed by atoms with Crippen LogP contribution in [0.5, 0.6) is 0 Å². The average Bonchev–Trinajstić information content (AvgIpc) is 2.82. The number of morpholine rings is 1. The fraction of sp³-hybridized carbons (Fsp3) is 0.520. The SMILES string of the molecule is CCc1ccc(N(CC(C)C)S(=O)(=O)c2ccc([C@@H](O)CN3CCOCC3)c(CO)c2)cc1. The Kier molecular flexibility index (Phi) is 8.89. The van der Waals surface area contributed by atoms with Crippen molar-refractivity contribution in [3.05, 3.63) is 59.2 Å². The lowest BCUT2D eigenvalue weighted by atomic mass is 10.0. The van der Waals surface area contributed by atoms with Crippen LogP contribution in [-0.4, -0.2) is 62.9 Å². The number of sulfonamides is 1. The molecule has 0 saturated carbocycles. The van der Waals surface area contributed by atoms with E-state index in [1.807, 2.05) is 38.1 Å². The van der Waals surface area contributed by atoms with E-state index >= 15 is 0 Å². The van der Waals surface area contributed by atoms with E-state index in [0.29, 0.717) is 43.1 Å². The van der Waals surface area contributed by atoms with Gasteiger partial charge in [0.1, 0.15) is 0 Å². The molecule has 1 heterocycles. The van der Waals surface area contributed by atoms with E-state index in [9.17, 15) is 18.6 Å². The Bertz CT molecular complexity index is 1000. The molecular weight excluding hydrogens is 440 g/mol. The van der Waals surface area contributed by atoms with Gasteiger partial charge in [0.2, 0.25) is 0 Å². The van der Waals surface area contributed by atoms with Gasteiger partial charge in [0.25, 0.3) is 10.0 Å². The molecule has 2 N–H and O–H groups in total. The van der Waals surface area contributed by atoms with E-state index in [2.05, 4.69) is 11.8 Å². The Labute approximate surface area is 197 Å². The maximum absolute atomic E-state index is 13.6. The highest BCUT2D eigenvalue weighted by atomic mass is 32.2. The summed E-state index contributed by atoms with van der Waals surface area (Å²) in [5.41, 5.74) is 2.72. The Morgan fingerprint density at radius 1 is 1.09 bits per heavy atom. The summed E-state index contributed by atoms with van der Waals surface area (Å²) in [5.74, 6) is 0.123. The van der Waals surface area contributed by atoms with Gasteiger partial charge >= 0.3 is 0 Å². The largest absolute Gasteiger partial charge is 0.392 e. The lowest BCUT2D eigenvalue weighted by Crippen LogP contribution is -2.39. The van der Waals surface area contributed by atoms with Crippen molar-refractivity contribution in [1.82, 2.24) is 4.90 Å². The molecule has 0 radical (unpaired) electrons. The Morgan fingerprint density at radius 2 is 1.76 bits per heavy atom. The third-order valence-corrected chi connectivity index (χ3v) is 7.72. The van der Waals surface area contributed by atoms with Crippen molar-refractivity contribution in [2.45, 2.75) is 44.8 Å². The molecule has 1 aliphatic heterocycles. The molecule has 2 aromatic carbocycles. The van der Waals surface area contributed by atoms with Crippen molar-refractivity contribution in [1.29, 1.82) is 0 Å². The zero-order chi connectivity index (χ0) is 24.0. The summed E-state index contributed by atoms with van der Waals surface area (Å²) in [5, 5.41) is 20.7. The summed E-state index contributed by atoms with van der Waals surface area (Å²) >= 11 is 0. The lowest BCUT2D eigenvalue weighted by molar-refractivity contribution is 0.0140. The van der Waals surface area contributed by atoms with Crippen LogP contribution < -0.4 is 4.31 Å². The van der Waals surface area contributed by atoms with Crippen LogP contribution in [0.2, 0.25) is 0 Å². The fourth-order valence-corrected chi connectivity index (χ4v) is 5.71. The summed E-state index contributed by atoms with van der Waals surface area (Å²) in [6.45, 7) is 9.13. The average molecular weight is 477 g/mol. The minimum absolute atomic E-state index is 0.106. The first-order valence-corrected chi connectivity index (χ1v) is 13.0. The second-order valence-electron chi connectivity index (χ2n) is 8.90. The predicted octanol–water partition coefficient (Wildman–Crippen LogP) is 2.96.